The Labute approximate surface area is 180 Å². The first-order valence-electron chi connectivity index (χ1n) is 9.35. The molecule has 1 unspecified atom stereocenters. The van der Waals surface area contributed by atoms with Crippen molar-refractivity contribution in [2.75, 3.05) is 26.3 Å². The van der Waals surface area contributed by atoms with Crippen molar-refractivity contribution < 1.29 is 32.6 Å². The fraction of sp³-hybridized carbons (Fsp3) is 0.300. The number of carboxylic acid groups (broad SMARTS) is 1. The maximum atomic E-state index is 13.4. The number of allylic oxidation sites excluding steroid dienone is 2. The molecule has 1 aromatic carbocycles. The summed E-state index contributed by atoms with van der Waals surface area (Å²) in [5.74, 6) is -1.12. The van der Waals surface area contributed by atoms with E-state index >= 15 is 0 Å². The first-order chi connectivity index (χ1) is 14.7. The normalized spacial score (nSPS) is 21.4. The fourth-order valence-electron chi connectivity index (χ4n) is 3.66. The molecule has 31 heavy (non-hydrogen) atoms. The van der Waals surface area contributed by atoms with Crippen LogP contribution in [-0.2, 0) is 4.74 Å². The second-order valence-electron chi connectivity index (χ2n) is 7.07. The molecule has 0 spiro atoms. The number of ether oxygens (including phenoxy) is 1. The van der Waals surface area contributed by atoms with Gasteiger partial charge in [0.1, 0.15) is 6.04 Å². The Kier molecular flexibility index (Phi) is 5.44. The first-order valence-corrected chi connectivity index (χ1v) is 9.69. The average molecular weight is 456 g/mol. The SMILES string of the molecule is O=C(O)c1ccc(C2=C3C=CC(C(F)(F)F)=CC3N(C(=O)N3CCOCC3)N2Cl)cc1. The van der Waals surface area contributed by atoms with Crippen LogP contribution in [0.1, 0.15) is 15.9 Å². The van der Waals surface area contributed by atoms with Crippen molar-refractivity contribution in [3.63, 3.8) is 0 Å². The van der Waals surface area contributed by atoms with Crippen molar-refractivity contribution in [1.29, 1.82) is 0 Å². The predicted molar refractivity (Wildman–Crippen MR) is 105 cm³/mol. The van der Waals surface area contributed by atoms with E-state index in [4.69, 9.17) is 21.6 Å². The lowest BCUT2D eigenvalue weighted by Gasteiger charge is -2.36. The van der Waals surface area contributed by atoms with E-state index in [2.05, 4.69) is 0 Å². The van der Waals surface area contributed by atoms with E-state index in [-0.39, 0.29) is 18.7 Å². The number of halogens is 4. The standard InChI is InChI=1S/C20H17ClF3N3O4/c21-27-17(12-1-3-13(4-2-12)18(28)29)15-6-5-14(20(22,23)24)11-16(15)26(27)19(30)25-7-9-31-10-8-25/h1-6,11,16H,7-10H2,(H,28,29). The molecule has 2 amide bonds. The summed E-state index contributed by atoms with van der Waals surface area (Å²) in [6, 6.07) is 4.10. The first kappa shape index (κ1) is 21.3. The van der Waals surface area contributed by atoms with E-state index < -0.39 is 29.8 Å². The highest BCUT2D eigenvalue weighted by atomic mass is 35.5. The molecule has 11 heteroatoms. The van der Waals surface area contributed by atoms with Gasteiger partial charge in [-0.15, -0.1) is 0 Å². The lowest BCUT2D eigenvalue weighted by Crippen LogP contribution is -2.52. The van der Waals surface area contributed by atoms with Crippen molar-refractivity contribution in [2.24, 2.45) is 0 Å². The minimum atomic E-state index is -4.58. The topological polar surface area (TPSA) is 73.3 Å². The number of aromatic carboxylic acids is 1. The number of hydrogen-bond donors (Lipinski definition) is 1. The summed E-state index contributed by atoms with van der Waals surface area (Å²) in [4.78, 5) is 25.8. The van der Waals surface area contributed by atoms with Gasteiger partial charge in [0.25, 0.3) is 0 Å². The van der Waals surface area contributed by atoms with Crippen molar-refractivity contribution in [1.82, 2.24) is 14.4 Å². The third kappa shape index (κ3) is 3.88. The van der Waals surface area contributed by atoms with Crippen LogP contribution in [0.3, 0.4) is 0 Å². The van der Waals surface area contributed by atoms with Gasteiger partial charge in [-0.2, -0.15) is 17.7 Å². The van der Waals surface area contributed by atoms with Crippen LogP contribution in [-0.4, -0.2) is 70.1 Å². The third-order valence-electron chi connectivity index (χ3n) is 5.22. The number of amides is 2. The number of hydrogen-bond acceptors (Lipinski definition) is 4. The number of rotatable bonds is 2. The smallest absolute Gasteiger partial charge is 0.416 e. The minimum absolute atomic E-state index is 0.0460. The van der Waals surface area contributed by atoms with Gasteiger partial charge in [-0.1, -0.05) is 18.2 Å². The van der Waals surface area contributed by atoms with Crippen LogP contribution in [0.5, 0.6) is 0 Å². The molecule has 0 bridgehead atoms. The Morgan fingerprint density at radius 3 is 2.32 bits per heavy atom. The fourth-order valence-corrected chi connectivity index (χ4v) is 4.02. The second kappa shape index (κ2) is 7.93. The molecule has 1 saturated heterocycles. The summed E-state index contributed by atoms with van der Waals surface area (Å²) in [6.07, 6.45) is -1.40. The maximum Gasteiger partial charge on any atom is 0.416 e. The summed E-state index contributed by atoms with van der Waals surface area (Å²) in [5.41, 5.74) is 0.329. The molecule has 4 rings (SSSR count). The predicted octanol–water partition coefficient (Wildman–Crippen LogP) is 3.66. The molecule has 164 valence electrons. The van der Waals surface area contributed by atoms with Gasteiger partial charge in [0.05, 0.1) is 30.0 Å². The van der Waals surface area contributed by atoms with Crippen molar-refractivity contribution >= 4 is 29.5 Å². The highest BCUT2D eigenvalue weighted by Gasteiger charge is 2.45. The largest absolute Gasteiger partial charge is 0.478 e. The number of carbonyl (C=O) groups is 2. The van der Waals surface area contributed by atoms with E-state index in [0.717, 1.165) is 21.7 Å². The number of fused-ring (bicyclic) bond motifs is 1. The number of carboxylic acids is 1. The molecule has 0 saturated carbocycles. The number of hydrazine groups is 1. The van der Waals surface area contributed by atoms with Gasteiger partial charge in [0.15, 0.2) is 0 Å². The van der Waals surface area contributed by atoms with Crippen molar-refractivity contribution in [3.8, 4) is 0 Å². The van der Waals surface area contributed by atoms with Crippen LogP contribution in [0.4, 0.5) is 18.0 Å². The molecular weight excluding hydrogens is 439 g/mol. The monoisotopic (exact) mass is 455 g/mol. The number of urea groups is 1. The molecule has 0 aromatic heterocycles. The zero-order chi connectivity index (χ0) is 22.3. The van der Waals surface area contributed by atoms with Crippen LogP contribution in [0.25, 0.3) is 5.70 Å². The molecule has 2 aliphatic heterocycles. The van der Waals surface area contributed by atoms with Crippen LogP contribution >= 0.6 is 11.8 Å². The second-order valence-corrected chi connectivity index (χ2v) is 7.39. The summed E-state index contributed by atoms with van der Waals surface area (Å²) in [7, 11) is 0. The zero-order valence-electron chi connectivity index (χ0n) is 16.0. The van der Waals surface area contributed by atoms with Crippen molar-refractivity contribution in [3.05, 3.63) is 64.8 Å². The van der Waals surface area contributed by atoms with E-state index in [0.29, 0.717) is 30.0 Å². The Hall–Kier alpha value is -2.98. The minimum Gasteiger partial charge on any atom is -0.478 e. The van der Waals surface area contributed by atoms with Gasteiger partial charge in [-0.25, -0.2) is 14.6 Å². The van der Waals surface area contributed by atoms with Crippen LogP contribution in [0, 0.1) is 0 Å². The van der Waals surface area contributed by atoms with Gasteiger partial charge in [-0.3, -0.25) is 0 Å². The summed E-state index contributed by atoms with van der Waals surface area (Å²) < 4.78 is 46.3. The zero-order valence-corrected chi connectivity index (χ0v) is 16.7. The van der Waals surface area contributed by atoms with Gasteiger partial charge < -0.3 is 14.7 Å². The number of carbonyl (C=O) groups excluding carboxylic acids is 1. The van der Waals surface area contributed by atoms with Crippen molar-refractivity contribution in [2.45, 2.75) is 12.2 Å². The van der Waals surface area contributed by atoms with Crippen LogP contribution in [0.2, 0.25) is 0 Å². The molecular formula is C20H17ClF3N3O4. The van der Waals surface area contributed by atoms with E-state index in [9.17, 15) is 22.8 Å². The summed E-state index contributed by atoms with van der Waals surface area (Å²) in [6.45, 7) is 1.21. The summed E-state index contributed by atoms with van der Waals surface area (Å²) >= 11 is 6.49. The van der Waals surface area contributed by atoms with E-state index in [1.807, 2.05) is 0 Å². The Morgan fingerprint density at radius 1 is 1.10 bits per heavy atom. The van der Waals surface area contributed by atoms with Gasteiger partial charge in [-0.05, 0) is 24.3 Å². The Morgan fingerprint density at radius 2 is 1.74 bits per heavy atom. The highest BCUT2D eigenvalue weighted by Crippen LogP contribution is 2.43. The molecule has 1 N–H and O–H groups in total. The van der Waals surface area contributed by atoms with Crippen LogP contribution in [0.15, 0.2) is 53.6 Å². The maximum absolute atomic E-state index is 13.4. The van der Waals surface area contributed by atoms with Gasteiger partial charge >= 0.3 is 18.2 Å². The lowest BCUT2D eigenvalue weighted by atomic mass is 9.94. The molecule has 1 aromatic rings. The van der Waals surface area contributed by atoms with Gasteiger partial charge in [0, 0.05) is 36.0 Å². The van der Waals surface area contributed by atoms with E-state index in [1.54, 1.807) is 0 Å². The quantitative estimate of drug-likeness (QED) is 0.689. The number of morpholine rings is 1. The molecule has 1 aliphatic carbocycles. The Bertz CT molecular complexity index is 998. The molecule has 1 atom stereocenters. The summed E-state index contributed by atoms with van der Waals surface area (Å²) in [5, 5.41) is 10.2. The number of nitrogens with zero attached hydrogens (tertiary/aromatic N) is 3. The molecule has 1 fully saturated rings. The lowest BCUT2D eigenvalue weighted by molar-refractivity contribution is -0.0889. The molecule has 2 heterocycles. The molecule has 7 nitrogen and oxygen atoms in total. The average Bonchev–Trinajstić information content (AvgIpc) is 3.04. The molecule has 0 radical (unpaired) electrons. The Balaban J connectivity index is 1.76. The molecule has 3 aliphatic rings. The number of benzene rings is 1. The highest BCUT2D eigenvalue weighted by molar-refractivity contribution is 6.19. The van der Waals surface area contributed by atoms with Gasteiger partial charge in [0.2, 0.25) is 0 Å². The van der Waals surface area contributed by atoms with E-state index in [1.165, 1.54) is 35.2 Å². The third-order valence-corrected chi connectivity index (χ3v) is 5.55. The number of alkyl halides is 3. The van der Waals surface area contributed by atoms with Crippen LogP contribution < -0.4 is 0 Å².